The molecule has 104 valence electrons. The van der Waals surface area contributed by atoms with Gasteiger partial charge in [0.2, 0.25) is 5.91 Å². The van der Waals surface area contributed by atoms with Gasteiger partial charge in [-0.2, -0.15) is 0 Å². The number of fused-ring (bicyclic) bond motifs is 1. The van der Waals surface area contributed by atoms with Crippen LogP contribution in [0.4, 0.5) is 0 Å². The van der Waals surface area contributed by atoms with Crippen molar-refractivity contribution in [3.8, 4) is 0 Å². The summed E-state index contributed by atoms with van der Waals surface area (Å²) in [6.45, 7) is 3.53. The lowest BCUT2D eigenvalue weighted by molar-refractivity contribution is -0.132. The fraction of sp³-hybridized carbons (Fsp3) is 0.667. The second-order valence-corrected chi connectivity index (χ2v) is 6.68. The van der Waals surface area contributed by atoms with Crippen LogP contribution in [0.3, 0.4) is 0 Å². The molecule has 2 heterocycles. The number of rotatable bonds is 3. The van der Waals surface area contributed by atoms with Crippen molar-refractivity contribution in [1.82, 2.24) is 10.2 Å². The van der Waals surface area contributed by atoms with Crippen molar-refractivity contribution in [3.05, 3.63) is 21.9 Å². The third-order valence-corrected chi connectivity index (χ3v) is 5.49. The highest BCUT2D eigenvalue weighted by Crippen LogP contribution is 2.32. The quantitative estimate of drug-likeness (QED) is 0.922. The third kappa shape index (κ3) is 2.70. The normalized spacial score (nSPS) is 23.6. The Hall–Kier alpha value is -0.870. The Bertz CT molecular complexity index is 451. The molecule has 0 aromatic carbocycles. The van der Waals surface area contributed by atoms with Gasteiger partial charge in [0.1, 0.15) is 0 Å². The van der Waals surface area contributed by atoms with Crippen molar-refractivity contribution < 1.29 is 4.79 Å². The molecule has 1 amide bonds. The van der Waals surface area contributed by atoms with E-state index in [-0.39, 0.29) is 11.9 Å². The number of nitrogens with zero attached hydrogens (tertiary/aromatic N) is 1. The molecular weight excluding hydrogens is 256 g/mol. The fourth-order valence-corrected chi connectivity index (χ4v) is 4.28. The van der Waals surface area contributed by atoms with Gasteiger partial charge in [0, 0.05) is 17.5 Å². The van der Waals surface area contributed by atoms with Gasteiger partial charge < -0.3 is 10.2 Å². The monoisotopic (exact) mass is 278 g/mol. The smallest absolute Gasteiger partial charge is 0.237 e. The molecule has 0 radical (unpaired) electrons. The predicted molar refractivity (Wildman–Crippen MR) is 78.4 cm³/mol. The van der Waals surface area contributed by atoms with Crippen LogP contribution in [0, 0.1) is 0 Å². The lowest BCUT2D eigenvalue weighted by Gasteiger charge is -2.34. The van der Waals surface area contributed by atoms with Crippen molar-refractivity contribution >= 4 is 17.2 Å². The average Bonchev–Trinajstić information content (AvgIpc) is 3.07. The Balaban J connectivity index is 1.58. The molecule has 4 heteroatoms. The number of hydrogen-bond donors (Lipinski definition) is 1. The zero-order chi connectivity index (χ0) is 13.2. The van der Waals surface area contributed by atoms with Crippen molar-refractivity contribution in [3.63, 3.8) is 0 Å². The zero-order valence-electron chi connectivity index (χ0n) is 11.5. The molecule has 1 atom stereocenters. The predicted octanol–water partition coefficient (Wildman–Crippen LogP) is 2.73. The van der Waals surface area contributed by atoms with E-state index in [0.29, 0.717) is 12.6 Å². The van der Waals surface area contributed by atoms with Crippen LogP contribution in [0.5, 0.6) is 0 Å². The molecule has 1 aromatic rings. The van der Waals surface area contributed by atoms with Crippen LogP contribution in [0.2, 0.25) is 0 Å². The van der Waals surface area contributed by atoms with Gasteiger partial charge in [0.25, 0.3) is 0 Å². The van der Waals surface area contributed by atoms with Gasteiger partial charge in [-0.3, -0.25) is 4.79 Å². The van der Waals surface area contributed by atoms with Crippen LogP contribution < -0.4 is 5.32 Å². The first-order valence-electron chi connectivity index (χ1n) is 7.35. The summed E-state index contributed by atoms with van der Waals surface area (Å²) in [5.41, 5.74) is 1.35. The maximum atomic E-state index is 12.4. The highest BCUT2D eigenvalue weighted by atomic mass is 32.1. The van der Waals surface area contributed by atoms with Crippen LogP contribution in [-0.4, -0.2) is 29.9 Å². The molecular formula is C15H22N2OS. The Morgan fingerprint density at radius 3 is 3.05 bits per heavy atom. The molecule has 0 spiro atoms. The molecule has 1 aromatic heterocycles. The van der Waals surface area contributed by atoms with Crippen LogP contribution in [-0.2, 0) is 11.2 Å². The van der Waals surface area contributed by atoms with E-state index >= 15 is 0 Å². The standard InChI is InChI=1S/C15H22N2OS/c1-11-13-7-9-19-14(13)6-8-17(11)15(18)10-16-12-4-2-3-5-12/h7,9,11-12,16H,2-6,8,10H2,1H3. The maximum absolute atomic E-state index is 12.4. The summed E-state index contributed by atoms with van der Waals surface area (Å²) >= 11 is 1.82. The lowest BCUT2D eigenvalue weighted by Crippen LogP contribution is -2.44. The Morgan fingerprint density at radius 1 is 1.47 bits per heavy atom. The van der Waals surface area contributed by atoms with Crippen LogP contribution in [0.1, 0.15) is 49.1 Å². The molecule has 1 aliphatic heterocycles. The van der Waals surface area contributed by atoms with E-state index in [1.165, 1.54) is 36.1 Å². The summed E-state index contributed by atoms with van der Waals surface area (Å²) in [7, 11) is 0. The fourth-order valence-electron chi connectivity index (χ4n) is 3.31. The van der Waals surface area contributed by atoms with Crippen molar-refractivity contribution in [1.29, 1.82) is 0 Å². The molecule has 0 bridgehead atoms. The van der Waals surface area contributed by atoms with E-state index in [4.69, 9.17) is 0 Å². The second kappa shape index (κ2) is 5.63. The molecule has 3 nitrogen and oxygen atoms in total. The molecule has 1 fully saturated rings. The van der Waals surface area contributed by atoms with Gasteiger partial charge >= 0.3 is 0 Å². The molecule has 19 heavy (non-hydrogen) atoms. The van der Waals surface area contributed by atoms with Crippen LogP contribution >= 0.6 is 11.3 Å². The van der Waals surface area contributed by atoms with Gasteiger partial charge in [-0.1, -0.05) is 12.8 Å². The number of nitrogens with one attached hydrogen (secondary N) is 1. The summed E-state index contributed by atoms with van der Waals surface area (Å²) in [6.07, 6.45) is 6.11. The first-order valence-corrected chi connectivity index (χ1v) is 8.23. The topological polar surface area (TPSA) is 32.3 Å². The highest BCUT2D eigenvalue weighted by molar-refractivity contribution is 7.10. The maximum Gasteiger partial charge on any atom is 0.237 e. The van der Waals surface area contributed by atoms with Gasteiger partial charge in [-0.15, -0.1) is 11.3 Å². The van der Waals surface area contributed by atoms with Crippen molar-refractivity contribution in [2.45, 2.75) is 51.1 Å². The molecule has 1 N–H and O–H groups in total. The summed E-state index contributed by atoms with van der Waals surface area (Å²) in [5.74, 6) is 0.260. The van der Waals surface area contributed by atoms with E-state index in [1.54, 1.807) is 0 Å². The number of carbonyl (C=O) groups excluding carboxylic acids is 1. The average molecular weight is 278 g/mol. The Morgan fingerprint density at radius 2 is 2.26 bits per heavy atom. The third-order valence-electron chi connectivity index (χ3n) is 4.49. The minimum atomic E-state index is 0.243. The molecule has 2 aliphatic rings. The van der Waals surface area contributed by atoms with E-state index in [2.05, 4.69) is 23.7 Å². The highest BCUT2D eigenvalue weighted by Gasteiger charge is 2.28. The van der Waals surface area contributed by atoms with E-state index in [9.17, 15) is 4.79 Å². The SMILES string of the molecule is CC1c2ccsc2CCN1C(=O)CNC1CCCC1. The van der Waals surface area contributed by atoms with E-state index < -0.39 is 0 Å². The summed E-state index contributed by atoms with van der Waals surface area (Å²) in [5, 5.41) is 5.57. The van der Waals surface area contributed by atoms with Crippen molar-refractivity contribution in [2.24, 2.45) is 0 Å². The first kappa shape index (κ1) is 13.1. The summed E-state index contributed by atoms with van der Waals surface area (Å²) in [4.78, 5) is 15.9. The minimum Gasteiger partial charge on any atom is -0.334 e. The van der Waals surface area contributed by atoms with Gasteiger partial charge in [-0.05, 0) is 43.2 Å². The van der Waals surface area contributed by atoms with Gasteiger partial charge in [0.05, 0.1) is 12.6 Å². The zero-order valence-corrected chi connectivity index (χ0v) is 12.3. The largest absolute Gasteiger partial charge is 0.334 e. The molecule has 1 unspecified atom stereocenters. The van der Waals surface area contributed by atoms with E-state index in [0.717, 1.165) is 13.0 Å². The second-order valence-electron chi connectivity index (χ2n) is 5.67. The first-order chi connectivity index (χ1) is 9.25. The number of hydrogen-bond acceptors (Lipinski definition) is 3. The van der Waals surface area contributed by atoms with Crippen molar-refractivity contribution in [2.75, 3.05) is 13.1 Å². The molecule has 0 saturated heterocycles. The Labute approximate surface area is 119 Å². The molecule has 3 rings (SSSR count). The summed E-state index contributed by atoms with van der Waals surface area (Å²) < 4.78 is 0. The molecule has 1 saturated carbocycles. The van der Waals surface area contributed by atoms with Crippen LogP contribution in [0.25, 0.3) is 0 Å². The summed E-state index contributed by atoms with van der Waals surface area (Å²) in [6, 6.07) is 2.99. The lowest BCUT2D eigenvalue weighted by atomic mass is 10.0. The van der Waals surface area contributed by atoms with Gasteiger partial charge in [-0.25, -0.2) is 0 Å². The molecule has 1 aliphatic carbocycles. The number of amides is 1. The van der Waals surface area contributed by atoms with E-state index in [1.807, 2.05) is 16.2 Å². The minimum absolute atomic E-state index is 0.243. The Kier molecular flexibility index (Phi) is 3.89. The number of carbonyl (C=O) groups is 1. The number of thiophene rings is 1. The van der Waals surface area contributed by atoms with Gasteiger partial charge in [0.15, 0.2) is 0 Å². The van der Waals surface area contributed by atoms with Crippen LogP contribution in [0.15, 0.2) is 11.4 Å².